The van der Waals surface area contributed by atoms with Crippen LogP contribution in [0.25, 0.3) is 0 Å². The van der Waals surface area contributed by atoms with E-state index in [0.29, 0.717) is 0 Å². The molecule has 0 bridgehead atoms. The highest BCUT2D eigenvalue weighted by atomic mass is 14.6. The number of hydrogen-bond donors (Lipinski definition) is 0. The van der Waals surface area contributed by atoms with Crippen molar-refractivity contribution in [1.29, 1.82) is 0 Å². The molecule has 0 heteroatoms. The molecule has 0 aromatic carbocycles. The fourth-order valence-corrected chi connectivity index (χ4v) is 20.3. The van der Waals surface area contributed by atoms with Gasteiger partial charge in [0.25, 0.3) is 0 Å². The van der Waals surface area contributed by atoms with Gasteiger partial charge >= 0.3 is 0 Å². The minimum absolute atomic E-state index is 0.908. The van der Waals surface area contributed by atoms with E-state index in [1.165, 1.54) is 12.8 Å². The highest BCUT2D eigenvalue weighted by Gasteiger charge is 2.57. The highest BCUT2D eigenvalue weighted by molar-refractivity contribution is 5.06. The van der Waals surface area contributed by atoms with Gasteiger partial charge < -0.3 is 0 Å². The molecule has 0 spiro atoms. The van der Waals surface area contributed by atoms with E-state index in [1.807, 2.05) is 0 Å². The first-order valence-electron chi connectivity index (χ1n) is 27.6. The molecule has 15 atom stereocenters. The molecule has 10 aliphatic rings. The molecule has 0 saturated heterocycles. The van der Waals surface area contributed by atoms with Crippen molar-refractivity contribution in [3.63, 3.8) is 0 Å². The minimum atomic E-state index is 0.908. The average molecular weight is 767 g/mol. The molecule has 0 nitrogen and oxygen atoms in total. The third-order valence-corrected chi connectivity index (χ3v) is 22.3. The Bertz CT molecular complexity index is 1210. The molecule has 10 fully saturated rings. The summed E-state index contributed by atoms with van der Waals surface area (Å²) >= 11 is 0. The van der Waals surface area contributed by atoms with Gasteiger partial charge in [0, 0.05) is 0 Å². The van der Waals surface area contributed by atoms with Gasteiger partial charge in [0.15, 0.2) is 0 Å². The molecule has 0 heterocycles. The van der Waals surface area contributed by atoms with E-state index in [0.717, 1.165) is 118 Å². The van der Waals surface area contributed by atoms with Crippen LogP contribution in [0.1, 0.15) is 232 Å². The molecule has 0 radical (unpaired) electrons. The topological polar surface area (TPSA) is 0 Å². The molecule has 10 aliphatic carbocycles. The lowest BCUT2D eigenvalue weighted by Crippen LogP contribution is -2.55. The summed E-state index contributed by atoms with van der Waals surface area (Å²) in [5.41, 5.74) is 0. The summed E-state index contributed by atoms with van der Waals surface area (Å²) in [6.45, 7) is 5.38. The maximum Gasteiger partial charge on any atom is -0.0323 e. The third kappa shape index (κ3) is 8.20. The first kappa shape index (κ1) is 40.1. The van der Waals surface area contributed by atoms with Crippen molar-refractivity contribution < 1.29 is 0 Å². The molecule has 318 valence electrons. The maximum atomic E-state index is 2.69. The van der Waals surface area contributed by atoms with E-state index in [4.69, 9.17) is 0 Å². The lowest BCUT2D eigenvalue weighted by molar-refractivity contribution is -0.132. The SMILES string of the molecule is CC(C)C1C2CC(CC3CCC4C(C3)C(C3CCCCC3)C3CC(C5CCCCC5)CCC3C4C3CCCCC3)CCC2CC2CCC(C3CCCCC3)CC21. The van der Waals surface area contributed by atoms with Crippen LogP contribution in [0.2, 0.25) is 0 Å². The molecule has 15 unspecified atom stereocenters. The van der Waals surface area contributed by atoms with Crippen LogP contribution in [0.3, 0.4) is 0 Å². The Kier molecular flexibility index (Phi) is 13.0. The zero-order chi connectivity index (χ0) is 37.6. The second-order valence-electron chi connectivity index (χ2n) is 25.0. The van der Waals surface area contributed by atoms with Gasteiger partial charge in [0.2, 0.25) is 0 Å². The van der Waals surface area contributed by atoms with Gasteiger partial charge in [-0.25, -0.2) is 0 Å². The third-order valence-electron chi connectivity index (χ3n) is 22.3. The predicted molar refractivity (Wildman–Crippen MR) is 238 cm³/mol. The van der Waals surface area contributed by atoms with E-state index in [-0.39, 0.29) is 0 Å². The quantitative estimate of drug-likeness (QED) is 0.242. The van der Waals surface area contributed by atoms with Crippen molar-refractivity contribution in [3.05, 3.63) is 0 Å². The molecule has 0 N–H and O–H groups in total. The summed E-state index contributed by atoms with van der Waals surface area (Å²) in [5, 5.41) is 0. The molecule has 0 aromatic heterocycles. The van der Waals surface area contributed by atoms with E-state index in [9.17, 15) is 0 Å². The second-order valence-corrected chi connectivity index (χ2v) is 25.0. The van der Waals surface area contributed by atoms with E-state index in [2.05, 4.69) is 13.8 Å². The highest BCUT2D eigenvalue weighted by Crippen LogP contribution is 2.65. The molecule has 10 saturated carbocycles. The summed E-state index contributed by atoms with van der Waals surface area (Å²) in [4.78, 5) is 0. The maximum absolute atomic E-state index is 2.69. The summed E-state index contributed by atoms with van der Waals surface area (Å²) < 4.78 is 0. The van der Waals surface area contributed by atoms with Crippen LogP contribution in [-0.4, -0.2) is 0 Å². The molecule has 0 aromatic rings. The Hall–Kier alpha value is 0. The van der Waals surface area contributed by atoms with Gasteiger partial charge in [-0.15, -0.1) is 0 Å². The fraction of sp³-hybridized carbons (Fsp3) is 1.00. The molecule has 10 rings (SSSR count). The van der Waals surface area contributed by atoms with Crippen LogP contribution in [-0.2, 0) is 0 Å². The van der Waals surface area contributed by atoms with E-state index in [1.54, 1.807) is 205 Å². The van der Waals surface area contributed by atoms with Crippen LogP contribution >= 0.6 is 0 Å². The van der Waals surface area contributed by atoms with Crippen molar-refractivity contribution in [2.45, 2.75) is 232 Å². The number of rotatable bonds is 7. The molecular weight excluding hydrogens is 673 g/mol. The zero-order valence-corrected chi connectivity index (χ0v) is 37.6. The molecule has 56 heavy (non-hydrogen) atoms. The lowest BCUT2D eigenvalue weighted by Gasteiger charge is -2.62. The van der Waals surface area contributed by atoms with Crippen LogP contribution in [0, 0.1) is 118 Å². The first-order valence-corrected chi connectivity index (χ1v) is 27.6. The van der Waals surface area contributed by atoms with Crippen LogP contribution < -0.4 is 0 Å². The van der Waals surface area contributed by atoms with Crippen molar-refractivity contribution in [2.75, 3.05) is 0 Å². The molecule has 0 aliphatic heterocycles. The fourth-order valence-electron chi connectivity index (χ4n) is 20.3. The van der Waals surface area contributed by atoms with Gasteiger partial charge in [-0.05, 0) is 195 Å². The number of hydrogen-bond acceptors (Lipinski definition) is 0. The summed E-state index contributed by atoms with van der Waals surface area (Å²) in [6.07, 6.45) is 54.5. The van der Waals surface area contributed by atoms with Crippen molar-refractivity contribution in [1.82, 2.24) is 0 Å². The van der Waals surface area contributed by atoms with E-state index < -0.39 is 0 Å². The summed E-state index contributed by atoms with van der Waals surface area (Å²) in [5.74, 6) is 21.8. The van der Waals surface area contributed by atoms with Gasteiger partial charge in [-0.3, -0.25) is 0 Å². The normalized spacial score (nSPS) is 47.7. The smallest absolute Gasteiger partial charge is 0.0323 e. The summed E-state index contributed by atoms with van der Waals surface area (Å²) in [7, 11) is 0. The Morgan fingerprint density at radius 1 is 0.286 bits per heavy atom. The van der Waals surface area contributed by atoms with Gasteiger partial charge in [0.1, 0.15) is 0 Å². The summed E-state index contributed by atoms with van der Waals surface area (Å²) in [6, 6.07) is 0. The van der Waals surface area contributed by atoms with Crippen molar-refractivity contribution in [3.8, 4) is 0 Å². The van der Waals surface area contributed by atoms with Gasteiger partial charge in [-0.1, -0.05) is 155 Å². The molecular formula is C56H94. The van der Waals surface area contributed by atoms with Gasteiger partial charge in [-0.2, -0.15) is 0 Å². The van der Waals surface area contributed by atoms with Crippen LogP contribution in [0.15, 0.2) is 0 Å². The minimum Gasteiger partial charge on any atom is -0.0625 e. The van der Waals surface area contributed by atoms with Crippen LogP contribution in [0.4, 0.5) is 0 Å². The average Bonchev–Trinajstić information content (AvgIpc) is 3.25. The lowest BCUT2D eigenvalue weighted by atomic mass is 9.43. The Balaban J connectivity index is 0.868. The Labute approximate surface area is 349 Å². The second kappa shape index (κ2) is 18.2. The van der Waals surface area contributed by atoms with Gasteiger partial charge in [0.05, 0.1) is 0 Å². The zero-order valence-electron chi connectivity index (χ0n) is 37.6. The van der Waals surface area contributed by atoms with Crippen LogP contribution in [0.5, 0.6) is 0 Å². The number of fused-ring (bicyclic) bond motifs is 4. The van der Waals surface area contributed by atoms with Crippen molar-refractivity contribution >= 4 is 0 Å². The molecule has 0 amide bonds. The van der Waals surface area contributed by atoms with E-state index >= 15 is 0 Å². The monoisotopic (exact) mass is 767 g/mol. The predicted octanol–water partition coefficient (Wildman–Crippen LogP) is 16.7. The Morgan fingerprint density at radius 3 is 1.21 bits per heavy atom. The Morgan fingerprint density at radius 2 is 0.661 bits per heavy atom. The van der Waals surface area contributed by atoms with Crippen molar-refractivity contribution in [2.24, 2.45) is 118 Å². The standard InChI is InChI=1S/C56H94/c1-37(2)54-50-32-38(23-25-46(50)34-47-27-26-44(35-51(47)54)40-15-7-3-8-16-40)31-39-24-29-48-52(33-39)56(43-21-13-6-14-22-43)53-36-45(41-17-9-4-10-18-41)28-30-49(53)55(48)42-19-11-5-12-20-42/h37-56H,3-36H2,1-2H3. The largest absolute Gasteiger partial charge is 0.0625 e. The first-order chi connectivity index (χ1) is 27.6.